The maximum atomic E-state index is 12.0. The maximum absolute atomic E-state index is 12.0. The van der Waals surface area contributed by atoms with Gasteiger partial charge in [0.1, 0.15) is 17.6 Å². The molecule has 0 bridgehead atoms. The summed E-state index contributed by atoms with van der Waals surface area (Å²) < 4.78 is 0. The minimum Gasteiger partial charge on any atom is -0.384 e. The summed E-state index contributed by atoms with van der Waals surface area (Å²) in [5, 5.41) is 26.4. The average Bonchev–Trinajstić information content (AvgIpc) is 2.92. The number of anilines is 1. The van der Waals surface area contributed by atoms with Gasteiger partial charge in [0.15, 0.2) is 5.82 Å². The van der Waals surface area contributed by atoms with Crippen molar-refractivity contribution in [3.8, 4) is 0 Å². The molecule has 0 aliphatic rings. The van der Waals surface area contributed by atoms with Crippen molar-refractivity contribution < 1.29 is 9.72 Å². The smallest absolute Gasteiger partial charge is 0.300 e. The van der Waals surface area contributed by atoms with Crippen molar-refractivity contribution in [3.63, 3.8) is 0 Å². The molecule has 0 aromatic carbocycles. The topological polar surface area (TPSA) is 166 Å². The molecule has 2 rings (SSSR count). The third kappa shape index (κ3) is 2.66. The van der Waals surface area contributed by atoms with E-state index in [0.717, 1.165) is 12.3 Å². The Morgan fingerprint density at radius 3 is 2.95 bits per heavy atom. The molecule has 1 amide bonds. The lowest BCUT2D eigenvalue weighted by Crippen LogP contribution is -2.28. The molecular weight excluding hydrogens is 268 g/mol. The minimum absolute atomic E-state index is 0.00737. The van der Waals surface area contributed by atoms with E-state index in [2.05, 4.69) is 30.9 Å². The van der Waals surface area contributed by atoms with Gasteiger partial charge < -0.3 is 11.1 Å². The second-order valence-electron chi connectivity index (χ2n) is 3.85. The monoisotopic (exact) mass is 278 g/mol. The van der Waals surface area contributed by atoms with E-state index < -0.39 is 22.6 Å². The first-order chi connectivity index (χ1) is 9.49. The Morgan fingerprint density at radius 1 is 1.60 bits per heavy atom. The van der Waals surface area contributed by atoms with Gasteiger partial charge in [-0.1, -0.05) is 5.21 Å². The summed E-state index contributed by atoms with van der Waals surface area (Å²) in [6, 6.07) is 0.561. The van der Waals surface area contributed by atoms with Gasteiger partial charge in [0.25, 0.3) is 11.6 Å². The summed E-state index contributed by atoms with van der Waals surface area (Å²) in [5.74, 6) is -0.418. The Hall–Kier alpha value is -3.11. The quantitative estimate of drug-likeness (QED) is 0.500. The lowest BCUT2D eigenvalue weighted by molar-refractivity contribution is -0.385. The molecule has 2 aromatic rings. The SMILES string of the molecule is CC(NC(=O)c1cc(N)ncc1[N+](=O)[O-])c1nn[nH]n1. The number of carbonyl (C=O) groups excluding carboxylic acids is 1. The fourth-order valence-electron chi connectivity index (χ4n) is 1.48. The molecule has 0 spiro atoms. The number of rotatable bonds is 4. The van der Waals surface area contributed by atoms with Crippen LogP contribution in [0.3, 0.4) is 0 Å². The van der Waals surface area contributed by atoms with Crippen LogP contribution in [0, 0.1) is 10.1 Å². The van der Waals surface area contributed by atoms with Crippen molar-refractivity contribution in [2.75, 3.05) is 5.73 Å². The molecule has 1 atom stereocenters. The summed E-state index contributed by atoms with van der Waals surface area (Å²) in [6.45, 7) is 1.61. The number of nitrogens with one attached hydrogen (secondary N) is 2. The normalized spacial score (nSPS) is 11.8. The van der Waals surface area contributed by atoms with E-state index in [4.69, 9.17) is 5.73 Å². The molecular formula is C9H10N8O3. The zero-order valence-corrected chi connectivity index (χ0v) is 10.3. The zero-order valence-electron chi connectivity index (χ0n) is 10.3. The van der Waals surface area contributed by atoms with Crippen LogP contribution in [0.25, 0.3) is 0 Å². The molecule has 2 heterocycles. The van der Waals surface area contributed by atoms with Gasteiger partial charge in [0, 0.05) is 0 Å². The summed E-state index contributed by atoms with van der Waals surface area (Å²) >= 11 is 0. The number of amides is 1. The molecule has 0 radical (unpaired) electrons. The molecule has 11 heteroatoms. The molecule has 11 nitrogen and oxygen atoms in total. The average molecular weight is 278 g/mol. The fourth-order valence-corrected chi connectivity index (χ4v) is 1.48. The van der Waals surface area contributed by atoms with E-state index in [0.29, 0.717) is 0 Å². The Balaban J connectivity index is 2.25. The first-order valence-electron chi connectivity index (χ1n) is 5.43. The fraction of sp³-hybridized carbons (Fsp3) is 0.222. The van der Waals surface area contributed by atoms with Crippen LogP contribution < -0.4 is 11.1 Å². The minimum atomic E-state index is -0.708. The highest BCUT2D eigenvalue weighted by Crippen LogP contribution is 2.19. The number of nitrogens with zero attached hydrogens (tertiary/aromatic N) is 5. The molecule has 2 aromatic heterocycles. The van der Waals surface area contributed by atoms with Gasteiger partial charge in [-0.25, -0.2) is 4.98 Å². The highest BCUT2D eigenvalue weighted by atomic mass is 16.6. The number of pyridine rings is 1. The molecule has 4 N–H and O–H groups in total. The Morgan fingerprint density at radius 2 is 2.35 bits per heavy atom. The molecule has 0 fully saturated rings. The summed E-state index contributed by atoms with van der Waals surface area (Å²) in [4.78, 5) is 25.8. The van der Waals surface area contributed by atoms with Crippen LogP contribution in [0.1, 0.15) is 29.1 Å². The first kappa shape index (κ1) is 13.3. The number of carbonyl (C=O) groups is 1. The van der Waals surface area contributed by atoms with Gasteiger partial charge in [-0.3, -0.25) is 14.9 Å². The lowest BCUT2D eigenvalue weighted by atomic mass is 10.2. The van der Waals surface area contributed by atoms with E-state index in [-0.39, 0.29) is 17.2 Å². The van der Waals surface area contributed by atoms with E-state index in [9.17, 15) is 14.9 Å². The van der Waals surface area contributed by atoms with Crippen LogP contribution in [-0.4, -0.2) is 36.4 Å². The van der Waals surface area contributed by atoms with Crippen molar-refractivity contribution in [1.82, 2.24) is 30.9 Å². The molecule has 104 valence electrons. The molecule has 1 unspecified atom stereocenters. The van der Waals surface area contributed by atoms with Crippen LogP contribution in [-0.2, 0) is 0 Å². The standard InChI is InChI=1S/C9H10N8O3/c1-4(8-13-15-16-14-8)12-9(18)5-2-7(10)11-3-6(5)17(19)20/h2-4H,1H3,(H2,10,11)(H,12,18)(H,13,14,15,16). The molecule has 0 aliphatic carbocycles. The van der Waals surface area contributed by atoms with Crippen LogP contribution in [0.5, 0.6) is 0 Å². The third-order valence-electron chi connectivity index (χ3n) is 2.44. The Labute approximate surface area is 111 Å². The maximum Gasteiger partial charge on any atom is 0.300 e. The molecule has 0 saturated carbocycles. The highest BCUT2D eigenvalue weighted by molar-refractivity contribution is 5.98. The second kappa shape index (κ2) is 5.26. The number of hydrogen-bond acceptors (Lipinski definition) is 8. The van der Waals surface area contributed by atoms with Crippen molar-refractivity contribution in [2.45, 2.75) is 13.0 Å². The molecule has 20 heavy (non-hydrogen) atoms. The molecule has 0 saturated heterocycles. The number of H-pyrrole nitrogens is 1. The lowest BCUT2D eigenvalue weighted by Gasteiger charge is -2.10. The van der Waals surface area contributed by atoms with Gasteiger partial charge in [-0.2, -0.15) is 5.21 Å². The Kier molecular flexibility index (Phi) is 3.50. The van der Waals surface area contributed by atoms with Gasteiger partial charge in [0.2, 0.25) is 0 Å². The zero-order chi connectivity index (χ0) is 14.7. The summed E-state index contributed by atoms with van der Waals surface area (Å²) in [7, 11) is 0. The van der Waals surface area contributed by atoms with Crippen LogP contribution in [0.4, 0.5) is 11.5 Å². The van der Waals surface area contributed by atoms with Gasteiger partial charge in [-0.15, -0.1) is 10.2 Å². The molecule has 0 aliphatic heterocycles. The predicted molar refractivity (Wildman–Crippen MR) is 65.4 cm³/mol. The summed E-state index contributed by atoms with van der Waals surface area (Å²) in [6.07, 6.45) is 0.934. The number of tetrazole rings is 1. The van der Waals surface area contributed by atoms with E-state index >= 15 is 0 Å². The third-order valence-corrected chi connectivity index (χ3v) is 2.44. The number of aromatic nitrogens is 5. The van der Waals surface area contributed by atoms with E-state index in [1.807, 2.05) is 0 Å². The predicted octanol–water partition coefficient (Wildman–Crippen LogP) is -0.424. The highest BCUT2D eigenvalue weighted by Gasteiger charge is 2.23. The van der Waals surface area contributed by atoms with Crippen molar-refractivity contribution in [2.24, 2.45) is 0 Å². The van der Waals surface area contributed by atoms with E-state index in [1.54, 1.807) is 6.92 Å². The number of aromatic amines is 1. The van der Waals surface area contributed by atoms with Crippen molar-refractivity contribution >= 4 is 17.4 Å². The number of nitrogen functional groups attached to an aromatic ring is 1. The van der Waals surface area contributed by atoms with Crippen molar-refractivity contribution in [1.29, 1.82) is 0 Å². The summed E-state index contributed by atoms with van der Waals surface area (Å²) in [5.41, 5.74) is 4.82. The number of hydrogen-bond donors (Lipinski definition) is 3. The largest absolute Gasteiger partial charge is 0.384 e. The van der Waals surface area contributed by atoms with Gasteiger partial charge >= 0.3 is 0 Å². The van der Waals surface area contributed by atoms with Crippen LogP contribution in [0.2, 0.25) is 0 Å². The van der Waals surface area contributed by atoms with Gasteiger partial charge in [0.05, 0.1) is 11.0 Å². The van der Waals surface area contributed by atoms with Gasteiger partial charge in [-0.05, 0) is 13.0 Å². The first-order valence-corrected chi connectivity index (χ1v) is 5.43. The number of nitrogens with two attached hydrogens (primary N) is 1. The van der Waals surface area contributed by atoms with Crippen LogP contribution in [0.15, 0.2) is 12.3 Å². The Bertz CT molecular complexity index is 641. The van der Waals surface area contributed by atoms with Crippen molar-refractivity contribution in [3.05, 3.63) is 33.8 Å². The second-order valence-corrected chi connectivity index (χ2v) is 3.85. The van der Waals surface area contributed by atoms with Crippen LogP contribution >= 0.6 is 0 Å². The number of nitro groups is 1. The van der Waals surface area contributed by atoms with E-state index in [1.165, 1.54) is 0 Å².